The molecule has 0 heterocycles. The first-order valence-corrected chi connectivity index (χ1v) is 8.76. The first kappa shape index (κ1) is 15.9. The van der Waals surface area contributed by atoms with Gasteiger partial charge < -0.3 is 5.32 Å². The standard InChI is InChI=1S/C18H23NOS/c1-13-5-6-14(2)17(11-13)12-19-15(3)16-7-9-18(10-8-16)21(4)20/h5-11,15,19H,12H2,1-4H3/t15-,21-/m1/s1. The fraction of sp³-hybridized carbons (Fsp3) is 0.333. The van der Waals surface area contributed by atoms with Gasteiger partial charge in [-0.05, 0) is 49.6 Å². The van der Waals surface area contributed by atoms with Crippen LogP contribution in [0.25, 0.3) is 0 Å². The first-order valence-electron chi connectivity index (χ1n) is 7.20. The Labute approximate surface area is 130 Å². The van der Waals surface area contributed by atoms with Crippen molar-refractivity contribution in [3.8, 4) is 0 Å². The third-order valence-electron chi connectivity index (χ3n) is 3.82. The maximum absolute atomic E-state index is 11.4. The van der Waals surface area contributed by atoms with Crippen molar-refractivity contribution in [3.05, 3.63) is 64.7 Å². The van der Waals surface area contributed by atoms with Crippen LogP contribution in [-0.4, -0.2) is 10.5 Å². The Balaban J connectivity index is 2.02. The molecule has 21 heavy (non-hydrogen) atoms. The number of benzene rings is 2. The largest absolute Gasteiger partial charge is 0.306 e. The van der Waals surface area contributed by atoms with E-state index in [1.807, 2.05) is 12.1 Å². The van der Waals surface area contributed by atoms with E-state index in [0.717, 1.165) is 11.4 Å². The van der Waals surface area contributed by atoms with E-state index < -0.39 is 10.8 Å². The van der Waals surface area contributed by atoms with Crippen LogP contribution in [0.15, 0.2) is 47.4 Å². The van der Waals surface area contributed by atoms with Crippen molar-refractivity contribution in [1.82, 2.24) is 5.32 Å². The molecule has 0 radical (unpaired) electrons. The normalized spacial score (nSPS) is 13.9. The van der Waals surface area contributed by atoms with E-state index in [-0.39, 0.29) is 6.04 Å². The van der Waals surface area contributed by atoms with Crippen LogP contribution in [-0.2, 0) is 17.3 Å². The Bertz CT molecular complexity index is 634. The van der Waals surface area contributed by atoms with Gasteiger partial charge in [-0.3, -0.25) is 4.21 Å². The zero-order valence-electron chi connectivity index (χ0n) is 13.1. The molecule has 0 aliphatic heterocycles. The van der Waals surface area contributed by atoms with Crippen LogP contribution in [0.1, 0.15) is 35.2 Å². The summed E-state index contributed by atoms with van der Waals surface area (Å²) in [6, 6.07) is 14.8. The van der Waals surface area contributed by atoms with Crippen LogP contribution >= 0.6 is 0 Å². The lowest BCUT2D eigenvalue weighted by atomic mass is 10.0. The quantitative estimate of drug-likeness (QED) is 0.907. The predicted molar refractivity (Wildman–Crippen MR) is 89.9 cm³/mol. The molecule has 2 aromatic carbocycles. The zero-order valence-corrected chi connectivity index (χ0v) is 14.0. The topological polar surface area (TPSA) is 29.1 Å². The van der Waals surface area contributed by atoms with Crippen LogP contribution in [0.5, 0.6) is 0 Å². The van der Waals surface area contributed by atoms with Crippen molar-refractivity contribution in [3.63, 3.8) is 0 Å². The Kier molecular flexibility index (Phi) is 5.32. The molecule has 0 fully saturated rings. The van der Waals surface area contributed by atoms with Gasteiger partial charge in [0.1, 0.15) is 0 Å². The fourth-order valence-corrected chi connectivity index (χ4v) is 2.84. The lowest BCUT2D eigenvalue weighted by Crippen LogP contribution is -2.18. The molecule has 0 spiro atoms. The van der Waals surface area contributed by atoms with Gasteiger partial charge in [-0.15, -0.1) is 0 Å². The van der Waals surface area contributed by atoms with Gasteiger partial charge in [-0.25, -0.2) is 0 Å². The third-order valence-corrected chi connectivity index (χ3v) is 4.75. The van der Waals surface area contributed by atoms with E-state index in [2.05, 4.69) is 56.4 Å². The molecule has 3 heteroatoms. The van der Waals surface area contributed by atoms with Crippen molar-refractivity contribution in [2.24, 2.45) is 0 Å². The molecular formula is C18H23NOS. The second-order valence-electron chi connectivity index (χ2n) is 5.56. The molecule has 0 unspecified atom stereocenters. The summed E-state index contributed by atoms with van der Waals surface area (Å²) < 4.78 is 11.4. The minimum absolute atomic E-state index is 0.268. The van der Waals surface area contributed by atoms with E-state index in [0.29, 0.717) is 0 Å². The molecule has 0 saturated heterocycles. The Morgan fingerprint density at radius 1 is 1.10 bits per heavy atom. The molecule has 0 amide bonds. The van der Waals surface area contributed by atoms with Gasteiger partial charge in [0.25, 0.3) is 0 Å². The molecule has 0 bridgehead atoms. The van der Waals surface area contributed by atoms with Crippen molar-refractivity contribution in [1.29, 1.82) is 0 Å². The van der Waals surface area contributed by atoms with E-state index >= 15 is 0 Å². The van der Waals surface area contributed by atoms with E-state index in [1.54, 1.807) is 6.26 Å². The van der Waals surface area contributed by atoms with Crippen molar-refractivity contribution in [2.75, 3.05) is 6.26 Å². The Morgan fingerprint density at radius 3 is 2.38 bits per heavy atom. The number of nitrogens with one attached hydrogen (secondary N) is 1. The van der Waals surface area contributed by atoms with Gasteiger partial charge in [0.2, 0.25) is 0 Å². The minimum atomic E-state index is -0.910. The Morgan fingerprint density at radius 2 is 1.76 bits per heavy atom. The number of hydrogen-bond donors (Lipinski definition) is 1. The lowest BCUT2D eigenvalue weighted by Gasteiger charge is -2.16. The highest BCUT2D eigenvalue weighted by Crippen LogP contribution is 2.17. The van der Waals surface area contributed by atoms with Gasteiger partial charge in [-0.1, -0.05) is 35.9 Å². The summed E-state index contributed by atoms with van der Waals surface area (Å²) in [6.45, 7) is 7.28. The van der Waals surface area contributed by atoms with E-state index in [4.69, 9.17) is 0 Å². The maximum Gasteiger partial charge on any atom is 0.0498 e. The summed E-state index contributed by atoms with van der Waals surface area (Å²) >= 11 is 0. The maximum atomic E-state index is 11.4. The van der Waals surface area contributed by atoms with Crippen molar-refractivity contribution < 1.29 is 4.21 Å². The summed E-state index contributed by atoms with van der Waals surface area (Å²) in [5.74, 6) is 0. The molecule has 2 nitrogen and oxygen atoms in total. The molecule has 0 aliphatic rings. The summed E-state index contributed by atoms with van der Waals surface area (Å²) in [5, 5.41) is 3.56. The van der Waals surface area contributed by atoms with E-state index in [9.17, 15) is 4.21 Å². The number of hydrogen-bond acceptors (Lipinski definition) is 2. The summed E-state index contributed by atoms with van der Waals surface area (Å²) in [5.41, 5.74) is 5.17. The van der Waals surface area contributed by atoms with Crippen LogP contribution in [0, 0.1) is 13.8 Å². The molecule has 112 valence electrons. The molecule has 2 atom stereocenters. The number of aryl methyl sites for hydroxylation is 2. The van der Waals surface area contributed by atoms with Gasteiger partial charge in [-0.2, -0.15) is 0 Å². The van der Waals surface area contributed by atoms with Crippen LogP contribution in [0.4, 0.5) is 0 Å². The summed E-state index contributed by atoms with van der Waals surface area (Å²) in [6.07, 6.45) is 1.71. The van der Waals surface area contributed by atoms with Crippen molar-refractivity contribution >= 4 is 10.8 Å². The van der Waals surface area contributed by atoms with Gasteiger partial charge in [0.05, 0.1) is 0 Å². The van der Waals surface area contributed by atoms with E-state index in [1.165, 1.54) is 22.3 Å². The fourth-order valence-electron chi connectivity index (χ4n) is 2.32. The first-order chi connectivity index (χ1) is 9.97. The molecule has 2 aromatic rings. The lowest BCUT2D eigenvalue weighted by molar-refractivity contribution is 0.573. The second kappa shape index (κ2) is 7.01. The molecule has 0 saturated carbocycles. The highest BCUT2D eigenvalue weighted by atomic mass is 32.2. The van der Waals surface area contributed by atoms with Crippen LogP contribution in [0.3, 0.4) is 0 Å². The van der Waals surface area contributed by atoms with Crippen LogP contribution < -0.4 is 5.32 Å². The predicted octanol–water partition coefficient (Wildman–Crippen LogP) is 3.89. The molecule has 1 N–H and O–H groups in total. The summed E-state index contributed by atoms with van der Waals surface area (Å²) in [7, 11) is -0.910. The minimum Gasteiger partial charge on any atom is -0.306 e. The number of rotatable bonds is 5. The van der Waals surface area contributed by atoms with Gasteiger partial charge >= 0.3 is 0 Å². The zero-order chi connectivity index (χ0) is 15.4. The average Bonchev–Trinajstić information content (AvgIpc) is 2.48. The monoisotopic (exact) mass is 301 g/mol. The van der Waals surface area contributed by atoms with Gasteiger partial charge in [0.15, 0.2) is 0 Å². The highest BCUT2D eigenvalue weighted by molar-refractivity contribution is 7.84. The molecule has 2 rings (SSSR count). The SMILES string of the molecule is Cc1ccc(C)c(CN[C@H](C)c2ccc([S@@](C)=O)cc2)c1. The average molecular weight is 301 g/mol. The second-order valence-corrected chi connectivity index (χ2v) is 6.94. The Hall–Kier alpha value is -1.45. The summed E-state index contributed by atoms with van der Waals surface area (Å²) in [4.78, 5) is 0.875. The third kappa shape index (κ3) is 4.26. The van der Waals surface area contributed by atoms with Crippen LogP contribution in [0.2, 0.25) is 0 Å². The highest BCUT2D eigenvalue weighted by Gasteiger charge is 2.07. The van der Waals surface area contributed by atoms with Gasteiger partial charge in [0, 0.05) is 34.5 Å². The molecule has 0 aliphatic carbocycles. The molecule has 0 aromatic heterocycles. The van der Waals surface area contributed by atoms with Crippen molar-refractivity contribution in [2.45, 2.75) is 38.3 Å². The molecular weight excluding hydrogens is 278 g/mol. The smallest absolute Gasteiger partial charge is 0.0498 e.